The summed E-state index contributed by atoms with van der Waals surface area (Å²) in [6.45, 7) is 2.00. The van der Waals surface area contributed by atoms with Crippen LogP contribution in [0.4, 0.5) is 19.3 Å². The quantitative estimate of drug-likeness (QED) is 0.151. The molecule has 2 amide bonds. The standard InChI is InChI=1S/C35H27F2N5O6/c1-2-47-29-14-16-41(25-9-6-23(36)7-10-25)34(44)31(29)33(43)40-24-8-11-28(27(37)19-24)48-30-12-15-39-42-17-13-26(32(30)42)22-5-3-4-21(18-22)20-38-35(45)46/h3-19,38H,2,20H2,1H3,(H,40,43)(H,45,46). The summed E-state index contributed by atoms with van der Waals surface area (Å²) in [5, 5.41) is 18.2. The summed E-state index contributed by atoms with van der Waals surface area (Å²) in [5.74, 6) is -1.92. The molecule has 3 aromatic carbocycles. The van der Waals surface area contributed by atoms with E-state index < -0.39 is 29.2 Å². The zero-order chi connectivity index (χ0) is 33.8. The Labute approximate surface area is 271 Å². The van der Waals surface area contributed by atoms with Crippen LogP contribution in [0.3, 0.4) is 0 Å². The van der Waals surface area contributed by atoms with Crippen LogP contribution in [0.1, 0.15) is 22.8 Å². The zero-order valence-corrected chi connectivity index (χ0v) is 25.3. The van der Waals surface area contributed by atoms with Gasteiger partial charge in [0.05, 0.1) is 12.8 Å². The number of carboxylic acid groups (broad SMARTS) is 1. The molecule has 0 bridgehead atoms. The number of carbonyl (C=O) groups excluding carboxylic acids is 1. The minimum atomic E-state index is -1.14. The molecule has 13 heteroatoms. The maximum absolute atomic E-state index is 15.5. The highest BCUT2D eigenvalue weighted by Crippen LogP contribution is 2.36. The van der Waals surface area contributed by atoms with E-state index in [2.05, 4.69) is 15.7 Å². The molecule has 6 rings (SSSR count). The van der Waals surface area contributed by atoms with E-state index in [1.165, 1.54) is 59.4 Å². The van der Waals surface area contributed by atoms with E-state index in [0.29, 0.717) is 17.0 Å². The SMILES string of the molecule is CCOc1ccn(-c2ccc(F)cc2)c(=O)c1C(=O)Nc1ccc(Oc2ccnn3ccc(-c4cccc(CNC(=O)O)c4)c23)c(F)c1. The van der Waals surface area contributed by atoms with Crippen molar-refractivity contribution in [2.45, 2.75) is 13.5 Å². The minimum Gasteiger partial charge on any atom is -0.493 e. The number of pyridine rings is 1. The third-order valence-electron chi connectivity index (χ3n) is 7.29. The Morgan fingerprint density at radius 2 is 1.73 bits per heavy atom. The molecule has 0 radical (unpaired) electrons. The van der Waals surface area contributed by atoms with E-state index in [1.54, 1.807) is 35.8 Å². The van der Waals surface area contributed by atoms with E-state index in [0.717, 1.165) is 22.8 Å². The van der Waals surface area contributed by atoms with Crippen LogP contribution in [-0.2, 0) is 6.54 Å². The van der Waals surface area contributed by atoms with Gasteiger partial charge in [-0.25, -0.2) is 18.1 Å². The molecular weight excluding hydrogens is 624 g/mol. The summed E-state index contributed by atoms with van der Waals surface area (Å²) in [7, 11) is 0. The highest BCUT2D eigenvalue weighted by atomic mass is 19.1. The van der Waals surface area contributed by atoms with Gasteiger partial charge in [0, 0.05) is 48.0 Å². The van der Waals surface area contributed by atoms with Crippen molar-refractivity contribution in [1.82, 2.24) is 19.5 Å². The Morgan fingerprint density at radius 3 is 2.48 bits per heavy atom. The van der Waals surface area contributed by atoms with Crippen molar-refractivity contribution in [2.24, 2.45) is 0 Å². The van der Waals surface area contributed by atoms with Gasteiger partial charge < -0.3 is 25.2 Å². The third-order valence-corrected chi connectivity index (χ3v) is 7.29. The summed E-state index contributed by atoms with van der Waals surface area (Å²) < 4.78 is 43.2. The lowest BCUT2D eigenvalue weighted by atomic mass is 10.0. The van der Waals surface area contributed by atoms with Crippen LogP contribution in [-0.4, -0.2) is 37.9 Å². The molecule has 0 fully saturated rings. The van der Waals surface area contributed by atoms with Gasteiger partial charge >= 0.3 is 6.09 Å². The van der Waals surface area contributed by atoms with Crippen molar-refractivity contribution >= 4 is 23.2 Å². The van der Waals surface area contributed by atoms with Gasteiger partial charge in [-0.3, -0.25) is 14.2 Å². The predicted octanol–water partition coefficient (Wildman–Crippen LogP) is 6.64. The second kappa shape index (κ2) is 13.5. The summed E-state index contributed by atoms with van der Waals surface area (Å²) in [4.78, 5) is 37.7. The molecule has 3 heterocycles. The van der Waals surface area contributed by atoms with Crippen LogP contribution < -0.4 is 25.7 Å². The monoisotopic (exact) mass is 651 g/mol. The third kappa shape index (κ3) is 6.56. The fourth-order valence-electron chi connectivity index (χ4n) is 5.14. The van der Waals surface area contributed by atoms with Crippen molar-refractivity contribution in [3.8, 4) is 34.1 Å². The normalized spacial score (nSPS) is 10.9. The molecule has 0 unspecified atom stereocenters. The highest BCUT2D eigenvalue weighted by molar-refractivity contribution is 6.06. The van der Waals surface area contributed by atoms with Gasteiger partial charge in [-0.15, -0.1) is 0 Å². The van der Waals surface area contributed by atoms with Gasteiger partial charge in [-0.2, -0.15) is 5.10 Å². The van der Waals surface area contributed by atoms with Crippen molar-refractivity contribution in [1.29, 1.82) is 0 Å². The Balaban J connectivity index is 1.27. The summed E-state index contributed by atoms with van der Waals surface area (Å²) in [6.07, 6.45) is 3.50. The van der Waals surface area contributed by atoms with Crippen molar-refractivity contribution in [3.05, 3.63) is 137 Å². The number of anilines is 1. The molecular formula is C35H27F2N5O6. The first kappa shape index (κ1) is 31.5. The summed E-state index contributed by atoms with van der Waals surface area (Å²) in [5.41, 5.74) is 2.14. The predicted molar refractivity (Wildman–Crippen MR) is 173 cm³/mol. The highest BCUT2D eigenvalue weighted by Gasteiger charge is 2.21. The largest absolute Gasteiger partial charge is 0.493 e. The van der Waals surface area contributed by atoms with Gasteiger partial charge in [-0.05, 0) is 72.6 Å². The molecule has 0 saturated heterocycles. The number of fused-ring (bicyclic) bond motifs is 1. The van der Waals surface area contributed by atoms with Gasteiger partial charge in [0.1, 0.15) is 22.6 Å². The topological polar surface area (TPSA) is 136 Å². The molecule has 3 aromatic heterocycles. The number of ether oxygens (including phenoxy) is 2. The summed E-state index contributed by atoms with van der Waals surface area (Å²) >= 11 is 0. The number of amides is 2. The second-order valence-corrected chi connectivity index (χ2v) is 10.4. The summed E-state index contributed by atoms with van der Waals surface area (Å²) in [6, 6.07) is 21.1. The molecule has 242 valence electrons. The van der Waals surface area contributed by atoms with Crippen molar-refractivity contribution in [2.75, 3.05) is 11.9 Å². The number of carbonyl (C=O) groups is 2. The second-order valence-electron chi connectivity index (χ2n) is 10.4. The number of nitrogens with one attached hydrogen (secondary N) is 2. The Morgan fingerprint density at radius 1 is 0.917 bits per heavy atom. The number of rotatable bonds is 10. The number of hydrogen-bond acceptors (Lipinski definition) is 6. The lowest BCUT2D eigenvalue weighted by Crippen LogP contribution is -2.29. The fraction of sp³-hybridized carbons (Fsp3) is 0.0857. The van der Waals surface area contributed by atoms with Crippen LogP contribution in [0.5, 0.6) is 17.2 Å². The van der Waals surface area contributed by atoms with E-state index in [4.69, 9.17) is 14.6 Å². The average Bonchev–Trinajstić information content (AvgIpc) is 3.51. The van der Waals surface area contributed by atoms with Crippen LogP contribution >= 0.6 is 0 Å². The van der Waals surface area contributed by atoms with Gasteiger partial charge in [-0.1, -0.05) is 18.2 Å². The van der Waals surface area contributed by atoms with Crippen LogP contribution in [0, 0.1) is 11.6 Å². The van der Waals surface area contributed by atoms with Crippen molar-refractivity contribution in [3.63, 3.8) is 0 Å². The average molecular weight is 652 g/mol. The fourth-order valence-corrected chi connectivity index (χ4v) is 5.14. The minimum absolute atomic E-state index is 0.0344. The van der Waals surface area contributed by atoms with E-state index in [9.17, 15) is 18.8 Å². The number of aromatic nitrogens is 3. The van der Waals surface area contributed by atoms with Crippen molar-refractivity contribution < 1.29 is 33.0 Å². The number of benzene rings is 3. The van der Waals surface area contributed by atoms with Crippen LogP contribution in [0.15, 0.2) is 108 Å². The molecule has 0 aliphatic rings. The number of hydrogen-bond donors (Lipinski definition) is 3. The smallest absolute Gasteiger partial charge is 0.404 e. The molecule has 48 heavy (non-hydrogen) atoms. The van der Waals surface area contributed by atoms with E-state index in [-0.39, 0.29) is 35.9 Å². The Bertz CT molecular complexity index is 2210. The Kier molecular flexibility index (Phi) is 8.83. The van der Waals surface area contributed by atoms with Gasteiger partial charge in [0.25, 0.3) is 11.5 Å². The van der Waals surface area contributed by atoms with E-state index >= 15 is 4.39 Å². The zero-order valence-electron chi connectivity index (χ0n) is 25.3. The first-order chi connectivity index (χ1) is 23.2. The molecule has 0 saturated carbocycles. The first-order valence-electron chi connectivity index (χ1n) is 14.7. The molecule has 0 atom stereocenters. The van der Waals surface area contributed by atoms with Gasteiger partial charge in [0.2, 0.25) is 0 Å². The molecule has 11 nitrogen and oxygen atoms in total. The lowest BCUT2D eigenvalue weighted by molar-refractivity contribution is 0.102. The van der Waals surface area contributed by atoms with Gasteiger partial charge in [0.15, 0.2) is 17.3 Å². The maximum Gasteiger partial charge on any atom is 0.404 e. The van der Waals surface area contributed by atoms with Crippen LogP contribution in [0.2, 0.25) is 0 Å². The van der Waals surface area contributed by atoms with Crippen LogP contribution in [0.25, 0.3) is 22.3 Å². The lowest BCUT2D eigenvalue weighted by Gasteiger charge is -2.14. The maximum atomic E-state index is 15.5. The first-order valence-corrected chi connectivity index (χ1v) is 14.7. The Hall–Kier alpha value is -6.50. The number of halogens is 2. The van der Waals surface area contributed by atoms with E-state index in [1.807, 2.05) is 18.2 Å². The molecule has 6 aromatic rings. The molecule has 3 N–H and O–H groups in total. The molecule has 0 aliphatic heterocycles. The molecule has 0 aliphatic carbocycles. The number of nitrogens with zero attached hydrogens (tertiary/aromatic N) is 3. The molecule has 0 spiro atoms.